The molecule has 1 heterocycles. The van der Waals surface area contributed by atoms with Gasteiger partial charge in [-0.25, -0.2) is 4.98 Å². The van der Waals surface area contributed by atoms with Gasteiger partial charge in [0, 0.05) is 10.9 Å². The molecule has 0 saturated heterocycles. The minimum Gasteiger partial charge on any atom is -0.237 e. The van der Waals surface area contributed by atoms with Gasteiger partial charge in [0.1, 0.15) is 5.01 Å². The summed E-state index contributed by atoms with van der Waals surface area (Å²) in [6.07, 6.45) is -0.950. The number of aryl methyl sites for hydroxylation is 1. The van der Waals surface area contributed by atoms with Gasteiger partial charge in [0.05, 0.1) is 11.3 Å². The Balaban J connectivity index is 1.79. The number of benzene rings is 2. The van der Waals surface area contributed by atoms with E-state index in [1.165, 1.54) is 23.0 Å². The maximum atomic E-state index is 12.7. The first-order valence-corrected chi connectivity index (χ1v) is 8.18. The predicted octanol–water partition coefficient (Wildman–Crippen LogP) is 6.31. The number of alkyl halides is 3. The number of halogens is 3. The number of rotatable bonds is 3. The average Bonchev–Trinajstić information content (AvgIpc) is 3.02. The molecule has 3 aromatic rings. The van der Waals surface area contributed by atoms with Gasteiger partial charge in [-0.3, -0.25) is 0 Å². The normalized spacial score (nSPS) is 12.0. The number of hydrogen-bond donors (Lipinski definition) is 0. The van der Waals surface area contributed by atoms with E-state index < -0.39 is 11.7 Å². The smallest absolute Gasteiger partial charge is 0.237 e. The highest BCUT2D eigenvalue weighted by Gasteiger charge is 2.30. The monoisotopic (exact) mass is 345 g/mol. The van der Waals surface area contributed by atoms with Crippen LogP contribution in [0.3, 0.4) is 0 Å². The molecule has 0 amide bonds. The second-order valence-corrected chi connectivity index (χ2v) is 6.28. The van der Waals surface area contributed by atoms with E-state index in [1.807, 2.05) is 36.6 Å². The first-order valence-electron chi connectivity index (χ1n) is 7.30. The van der Waals surface area contributed by atoms with E-state index in [2.05, 4.69) is 4.98 Å². The van der Waals surface area contributed by atoms with Crippen LogP contribution < -0.4 is 0 Å². The first kappa shape index (κ1) is 16.5. The van der Waals surface area contributed by atoms with Crippen molar-refractivity contribution in [3.8, 4) is 11.3 Å². The van der Waals surface area contributed by atoms with Gasteiger partial charge < -0.3 is 0 Å². The summed E-state index contributed by atoms with van der Waals surface area (Å²) in [6, 6.07) is 13.3. The van der Waals surface area contributed by atoms with Crippen molar-refractivity contribution in [1.82, 2.24) is 4.98 Å². The zero-order valence-electron chi connectivity index (χ0n) is 12.8. The number of hydrogen-bond acceptors (Lipinski definition) is 2. The molecule has 0 aliphatic carbocycles. The van der Waals surface area contributed by atoms with Gasteiger partial charge >= 0.3 is 6.18 Å². The molecular formula is C19H14F3NS. The van der Waals surface area contributed by atoms with E-state index in [9.17, 15) is 13.2 Å². The summed E-state index contributed by atoms with van der Waals surface area (Å²) in [5.74, 6) is 0. The van der Waals surface area contributed by atoms with E-state index in [-0.39, 0.29) is 0 Å². The van der Waals surface area contributed by atoms with Crippen LogP contribution in [0.15, 0.2) is 53.9 Å². The maximum absolute atomic E-state index is 12.7. The summed E-state index contributed by atoms with van der Waals surface area (Å²) in [5.41, 5.74) is 2.92. The van der Waals surface area contributed by atoms with Crippen molar-refractivity contribution in [2.24, 2.45) is 0 Å². The predicted molar refractivity (Wildman–Crippen MR) is 92.7 cm³/mol. The van der Waals surface area contributed by atoms with Gasteiger partial charge in [-0.2, -0.15) is 13.2 Å². The minimum atomic E-state index is -4.33. The van der Waals surface area contributed by atoms with Crippen LogP contribution in [0.1, 0.15) is 21.7 Å². The Labute approximate surface area is 142 Å². The highest BCUT2D eigenvalue weighted by Crippen LogP contribution is 2.30. The molecule has 0 saturated carbocycles. The Bertz CT molecular complexity index is 861. The average molecular weight is 345 g/mol. The Morgan fingerprint density at radius 2 is 1.75 bits per heavy atom. The second-order valence-electron chi connectivity index (χ2n) is 5.39. The number of thiazole rings is 1. The van der Waals surface area contributed by atoms with Crippen molar-refractivity contribution in [3.63, 3.8) is 0 Å². The number of nitrogens with zero attached hydrogens (tertiary/aromatic N) is 1. The lowest BCUT2D eigenvalue weighted by Gasteiger charge is -2.06. The molecule has 0 aliphatic rings. The van der Waals surface area contributed by atoms with Crippen LogP contribution in [0.2, 0.25) is 0 Å². The van der Waals surface area contributed by atoms with E-state index >= 15 is 0 Å². The molecular weight excluding hydrogens is 331 g/mol. The largest absolute Gasteiger partial charge is 0.416 e. The Kier molecular flexibility index (Phi) is 4.53. The summed E-state index contributed by atoms with van der Waals surface area (Å²) >= 11 is 1.46. The summed E-state index contributed by atoms with van der Waals surface area (Å²) in [6.45, 7) is 2.02. The van der Waals surface area contributed by atoms with Crippen LogP contribution in [0.4, 0.5) is 13.2 Å². The molecule has 0 spiro atoms. The van der Waals surface area contributed by atoms with Crippen molar-refractivity contribution < 1.29 is 13.2 Å². The molecule has 1 nitrogen and oxygen atoms in total. The fourth-order valence-electron chi connectivity index (χ4n) is 2.21. The summed E-state index contributed by atoms with van der Waals surface area (Å²) in [4.78, 5) is 4.51. The molecule has 1 aromatic heterocycles. The molecule has 3 rings (SSSR count). The van der Waals surface area contributed by atoms with Gasteiger partial charge in [0.25, 0.3) is 0 Å². The highest BCUT2D eigenvalue weighted by molar-refractivity contribution is 7.10. The molecule has 0 aliphatic heterocycles. The van der Waals surface area contributed by atoms with Gasteiger partial charge in [-0.1, -0.05) is 48.0 Å². The van der Waals surface area contributed by atoms with Crippen molar-refractivity contribution in [1.29, 1.82) is 0 Å². The third-order valence-corrected chi connectivity index (χ3v) is 4.31. The standard InChI is InChI=1S/C19H14F3NS/c1-13-5-8-15(9-6-13)17-12-24-18(23-17)10-7-14-3-2-4-16(11-14)19(20,21)22/h2-12H,1H3. The van der Waals surface area contributed by atoms with E-state index in [4.69, 9.17) is 0 Å². The van der Waals surface area contributed by atoms with Gasteiger partial charge in [0.15, 0.2) is 0 Å². The first-order chi connectivity index (χ1) is 11.4. The SMILES string of the molecule is Cc1ccc(-c2csc(C=Cc3cccc(C(F)(F)F)c3)n2)cc1. The topological polar surface area (TPSA) is 12.9 Å². The molecule has 0 bridgehead atoms. The van der Waals surface area contributed by atoms with Gasteiger partial charge in [-0.15, -0.1) is 11.3 Å². The molecule has 122 valence electrons. The quantitative estimate of drug-likeness (QED) is 0.542. The molecule has 5 heteroatoms. The van der Waals surface area contributed by atoms with E-state index in [0.29, 0.717) is 5.56 Å². The minimum absolute atomic E-state index is 0.497. The zero-order valence-corrected chi connectivity index (χ0v) is 13.7. The zero-order chi connectivity index (χ0) is 17.2. The van der Waals surface area contributed by atoms with Crippen molar-refractivity contribution in [3.05, 3.63) is 75.6 Å². The van der Waals surface area contributed by atoms with Crippen LogP contribution >= 0.6 is 11.3 Å². The van der Waals surface area contributed by atoms with Crippen molar-refractivity contribution >= 4 is 23.5 Å². The Morgan fingerprint density at radius 1 is 1.00 bits per heavy atom. The fourth-order valence-corrected chi connectivity index (χ4v) is 2.93. The lowest BCUT2D eigenvalue weighted by Crippen LogP contribution is -2.04. The van der Waals surface area contributed by atoms with Gasteiger partial charge in [-0.05, 0) is 30.7 Å². The Hall–Kier alpha value is -2.40. The molecule has 0 N–H and O–H groups in total. The van der Waals surface area contributed by atoms with Gasteiger partial charge in [0.2, 0.25) is 0 Å². The highest BCUT2D eigenvalue weighted by atomic mass is 32.1. The lowest BCUT2D eigenvalue weighted by molar-refractivity contribution is -0.137. The van der Waals surface area contributed by atoms with Crippen LogP contribution in [0.25, 0.3) is 23.4 Å². The summed E-state index contributed by atoms with van der Waals surface area (Å²) in [7, 11) is 0. The van der Waals surface area contributed by atoms with E-state index in [1.54, 1.807) is 18.2 Å². The molecule has 0 fully saturated rings. The summed E-state index contributed by atoms with van der Waals surface area (Å²) in [5, 5.41) is 2.69. The van der Waals surface area contributed by atoms with Crippen LogP contribution in [0, 0.1) is 6.92 Å². The molecule has 0 atom stereocenters. The molecule has 0 unspecified atom stereocenters. The lowest BCUT2D eigenvalue weighted by atomic mass is 10.1. The summed E-state index contributed by atoms with van der Waals surface area (Å²) < 4.78 is 38.1. The number of aromatic nitrogens is 1. The third kappa shape index (κ3) is 3.92. The second kappa shape index (κ2) is 6.61. The van der Waals surface area contributed by atoms with Crippen molar-refractivity contribution in [2.45, 2.75) is 13.1 Å². The maximum Gasteiger partial charge on any atom is 0.416 e. The molecule has 0 radical (unpaired) electrons. The van der Waals surface area contributed by atoms with Crippen LogP contribution in [-0.4, -0.2) is 4.98 Å². The Morgan fingerprint density at radius 3 is 2.46 bits per heavy atom. The van der Waals surface area contributed by atoms with Crippen molar-refractivity contribution in [2.75, 3.05) is 0 Å². The van der Waals surface area contributed by atoms with E-state index in [0.717, 1.165) is 28.4 Å². The van der Waals surface area contributed by atoms with Crippen LogP contribution in [-0.2, 0) is 6.18 Å². The fraction of sp³-hybridized carbons (Fsp3) is 0.105. The molecule has 2 aromatic carbocycles. The van der Waals surface area contributed by atoms with Crippen LogP contribution in [0.5, 0.6) is 0 Å². The molecule has 24 heavy (non-hydrogen) atoms. The third-order valence-electron chi connectivity index (χ3n) is 3.50.